The lowest BCUT2D eigenvalue weighted by atomic mass is 10.1. The highest BCUT2D eigenvalue weighted by molar-refractivity contribution is 7.13. The largest absolute Gasteiger partial charge is 0.478 e. The van der Waals surface area contributed by atoms with Gasteiger partial charge in [-0.05, 0) is 56.2 Å². The number of hydrogen-bond donors (Lipinski definition) is 2. The number of nitrogens with zero attached hydrogens (tertiary/aromatic N) is 2. The first-order valence-corrected chi connectivity index (χ1v) is 9.03. The summed E-state index contributed by atoms with van der Waals surface area (Å²) in [5.74, 6) is -0.967. The van der Waals surface area contributed by atoms with E-state index in [-0.39, 0.29) is 5.56 Å². The Morgan fingerprint density at radius 3 is 2.84 bits per heavy atom. The summed E-state index contributed by atoms with van der Waals surface area (Å²) >= 11 is 1.66. The molecule has 0 spiro atoms. The molecule has 3 aromatic rings. The Labute approximate surface area is 150 Å². The first kappa shape index (κ1) is 17.4. The number of aromatic nitrogens is 1. The third-order valence-corrected chi connectivity index (χ3v) is 4.91. The quantitative estimate of drug-likeness (QED) is 0.627. The maximum absolute atomic E-state index is 11.6. The normalized spacial score (nSPS) is 11.2. The van der Waals surface area contributed by atoms with Gasteiger partial charge in [0, 0.05) is 23.0 Å². The molecule has 3 rings (SSSR count). The number of pyridine rings is 1. The Balaban J connectivity index is 2.01. The van der Waals surface area contributed by atoms with Crippen LogP contribution in [0.25, 0.3) is 21.3 Å². The number of nitrogens with one attached hydrogen (secondary N) is 1. The number of fused-ring (bicyclic) bond motifs is 1. The van der Waals surface area contributed by atoms with Crippen LogP contribution in [-0.4, -0.2) is 48.1 Å². The van der Waals surface area contributed by atoms with Gasteiger partial charge in [-0.3, -0.25) is 4.98 Å². The van der Waals surface area contributed by atoms with Crippen LogP contribution in [0, 0.1) is 0 Å². The van der Waals surface area contributed by atoms with Crippen molar-refractivity contribution in [2.75, 3.05) is 32.5 Å². The predicted octanol–water partition coefficient (Wildman–Crippen LogP) is 4.03. The van der Waals surface area contributed by atoms with Gasteiger partial charge in [0.15, 0.2) is 0 Å². The van der Waals surface area contributed by atoms with Gasteiger partial charge in [-0.1, -0.05) is 12.1 Å². The molecule has 0 saturated carbocycles. The van der Waals surface area contributed by atoms with Crippen LogP contribution in [0.1, 0.15) is 16.8 Å². The van der Waals surface area contributed by atoms with Crippen LogP contribution in [0.3, 0.4) is 0 Å². The molecule has 130 valence electrons. The highest BCUT2D eigenvalue weighted by Gasteiger charge is 2.15. The van der Waals surface area contributed by atoms with Crippen LogP contribution in [-0.2, 0) is 0 Å². The number of aromatic carboxylic acids is 1. The lowest BCUT2D eigenvalue weighted by Crippen LogP contribution is -2.17. The summed E-state index contributed by atoms with van der Waals surface area (Å²) in [5, 5.41) is 15.7. The zero-order valence-electron chi connectivity index (χ0n) is 14.3. The summed E-state index contributed by atoms with van der Waals surface area (Å²) in [4.78, 5) is 19.2. The number of rotatable bonds is 7. The van der Waals surface area contributed by atoms with E-state index < -0.39 is 5.97 Å². The van der Waals surface area contributed by atoms with E-state index in [4.69, 9.17) is 0 Å². The van der Waals surface area contributed by atoms with Crippen molar-refractivity contribution < 1.29 is 9.90 Å². The van der Waals surface area contributed by atoms with Gasteiger partial charge in [0.1, 0.15) is 5.56 Å². The van der Waals surface area contributed by atoms with Crippen LogP contribution < -0.4 is 5.32 Å². The Morgan fingerprint density at radius 1 is 1.32 bits per heavy atom. The molecule has 0 amide bonds. The summed E-state index contributed by atoms with van der Waals surface area (Å²) in [6.45, 7) is 1.65. The van der Waals surface area contributed by atoms with Gasteiger partial charge in [-0.15, -0.1) is 11.3 Å². The van der Waals surface area contributed by atoms with Gasteiger partial charge in [0.05, 0.1) is 11.2 Å². The molecular formula is C19H21N3O2S. The molecule has 5 nitrogen and oxygen atoms in total. The number of thiophene rings is 1. The average molecular weight is 355 g/mol. The van der Waals surface area contributed by atoms with Crippen molar-refractivity contribution in [3.05, 3.63) is 47.5 Å². The number of benzene rings is 1. The van der Waals surface area contributed by atoms with E-state index in [1.165, 1.54) is 6.20 Å². The monoisotopic (exact) mass is 355 g/mol. The molecule has 0 aliphatic rings. The Bertz CT molecular complexity index is 876. The van der Waals surface area contributed by atoms with Crippen LogP contribution in [0.15, 0.2) is 41.9 Å². The third kappa shape index (κ3) is 3.97. The number of carboxylic acids is 1. The number of carbonyl (C=O) groups is 1. The maximum Gasteiger partial charge on any atom is 0.339 e. The van der Waals surface area contributed by atoms with Gasteiger partial charge in [0.25, 0.3) is 0 Å². The average Bonchev–Trinajstić information content (AvgIpc) is 3.12. The van der Waals surface area contributed by atoms with E-state index in [0.717, 1.165) is 34.3 Å². The number of anilines is 1. The van der Waals surface area contributed by atoms with Gasteiger partial charge in [-0.2, -0.15) is 0 Å². The van der Waals surface area contributed by atoms with E-state index in [1.54, 1.807) is 11.3 Å². The van der Waals surface area contributed by atoms with Gasteiger partial charge >= 0.3 is 5.97 Å². The molecule has 6 heteroatoms. The molecule has 1 aromatic carbocycles. The maximum atomic E-state index is 11.6. The fraction of sp³-hybridized carbons (Fsp3) is 0.263. The van der Waals surface area contributed by atoms with Crippen LogP contribution in [0.2, 0.25) is 0 Å². The smallest absolute Gasteiger partial charge is 0.339 e. The molecule has 25 heavy (non-hydrogen) atoms. The second kappa shape index (κ2) is 7.63. The zero-order valence-corrected chi connectivity index (χ0v) is 15.1. The molecule has 0 fully saturated rings. The van der Waals surface area contributed by atoms with Crippen molar-refractivity contribution >= 4 is 33.9 Å². The highest BCUT2D eigenvalue weighted by atomic mass is 32.1. The van der Waals surface area contributed by atoms with E-state index in [0.29, 0.717) is 12.2 Å². The first-order valence-electron chi connectivity index (χ1n) is 8.15. The second-order valence-electron chi connectivity index (χ2n) is 6.14. The molecule has 0 saturated heterocycles. The van der Waals surface area contributed by atoms with E-state index in [9.17, 15) is 9.90 Å². The summed E-state index contributed by atoms with van der Waals surface area (Å²) in [6, 6.07) is 10.1. The minimum atomic E-state index is -0.967. The fourth-order valence-electron chi connectivity index (χ4n) is 2.75. The topological polar surface area (TPSA) is 65.5 Å². The van der Waals surface area contributed by atoms with Crippen molar-refractivity contribution in [1.29, 1.82) is 0 Å². The first-order chi connectivity index (χ1) is 12.1. The molecule has 0 aliphatic heterocycles. The molecular weight excluding hydrogens is 334 g/mol. The van der Waals surface area contributed by atoms with Crippen molar-refractivity contribution in [2.24, 2.45) is 0 Å². The molecule has 0 radical (unpaired) electrons. The molecule has 0 unspecified atom stereocenters. The zero-order chi connectivity index (χ0) is 17.8. The van der Waals surface area contributed by atoms with Crippen LogP contribution >= 0.6 is 11.3 Å². The van der Waals surface area contributed by atoms with E-state index in [2.05, 4.69) is 21.3 Å². The highest BCUT2D eigenvalue weighted by Crippen LogP contribution is 2.32. The molecule has 2 aromatic heterocycles. The van der Waals surface area contributed by atoms with Gasteiger partial charge < -0.3 is 15.3 Å². The second-order valence-corrected chi connectivity index (χ2v) is 7.09. The fourth-order valence-corrected chi connectivity index (χ4v) is 3.47. The summed E-state index contributed by atoms with van der Waals surface area (Å²) in [5.41, 5.74) is 2.72. The summed E-state index contributed by atoms with van der Waals surface area (Å²) in [6.07, 6.45) is 2.37. The lowest BCUT2D eigenvalue weighted by molar-refractivity contribution is 0.0697. The Kier molecular flexibility index (Phi) is 5.31. The van der Waals surface area contributed by atoms with Crippen LogP contribution in [0.5, 0.6) is 0 Å². The minimum absolute atomic E-state index is 0.209. The van der Waals surface area contributed by atoms with Crippen molar-refractivity contribution in [1.82, 2.24) is 9.88 Å². The van der Waals surface area contributed by atoms with Gasteiger partial charge in [-0.25, -0.2) is 4.79 Å². The Hall–Kier alpha value is -2.44. The molecule has 0 aliphatic carbocycles. The summed E-state index contributed by atoms with van der Waals surface area (Å²) < 4.78 is 0. The van der Waals surface area contributed by atoms with E-state index in [1.807, 2.05) is 43.7 Å². The molecule has 2 N–H and O–H groups in total. The molecule has 2 heterocycles. The van der Waals surface area contributed by atoms with Crippen molar-refractivity contribution in [3.8, 4) is 10.4 Å². The van der Waals surface area contributed by atoms with E-state index >= 15 is 0 Å². The standard InChI is InChI=1S/C19H21N3O2S/c1-22(2)9-4-8-20-18-14-11-13(17-5-3-10-25-17)6-7-16(14)21-12-15(18)19(23)24/h3,5-7,10-12H,4,8-9H2,1-2H3,(H,20,21)(H,23,24). The molecule has 0 bridgehead atoms. The van der Waals surface area contributed by atoms with Gasteiger partial charge in [0.2, 0.25) is 0 Å². The molecule has 0 atom stereocenters. The lowest BCUT2D eigenvalue weighted by Gasteiger charge is -2.15. The predicted molar refractivity (Wildman–Crippen MR) is 104 cm³/mol. The minimum Gasteiger partial charge on any atom is -0.478 e. The SMILES string of the molecule is CN(C)CCCNc1c(C(=O)O)cnc2ccc(-c3cccs3)cc12. The van der Waals surface area contributed by atoms with Crippen molar-refractivity contribution in [3.63, 3.8) is 0 Å². The number of carboxylic acid groups (broad SMARTS) is 1. The Morgan fingerprint density at radius 2 is 2.16 bits per heavy atom. The third-order valence-electron chi connectivity index (χ3n) is 3.99. The number of hydrogen-bond acceptors (Lipinski definition) is 5. The summed E-state index contributed by atoms with van der Waals surface area (Å²) in [7, 11) is 4.05. The van der Waals surface area contributed by atoms with Crippen LogP contribution in [0.4, 0.5) is 5.69 Å². The van der Waals surface area contributed by atoms with Crippen molar-refractivity contribution in [2.45, 2.75) is 6.42 Å².